The molecule has 146 valence electrons. The number of carbonyl (C=O) groups is 1. The summed E-state index contributed by atoms with van der Waals surface area (Å²) in [5.41, 5.74) is 2.73. The van der Waals surface area contributed by atoms with Gasteiger partial charge >= 0.3 is 0 Å². The second kappa shape index (κ2) is 7.77. The van der Waals surface area contributed by atoms with Crippen molar-refractivity contribution in [1.82, 2.24) is 13.8 Å². The van der Waals surface area contributed by atoms with E-state index in [0.29, 0.717) is 31.7 Å². The Labute approximate surface area is 168 Å². The first-order chi connectivity index (χ1) is 12.8. The van der Waals surface area contributed by atoms with E-state index >= 15 is 0 Å². The highest BCUT2D eigenvalue weighted by Gasteiger charge is 2.31. The lowest BCUT2D eigenvalue weighted by molar-refractivity contribution is 0.0697. The summed E-state index contributed by atoms with van der Waals surface area (Å²) in [5.74, 6) is -0.0256. The highest BCUT2D eigenvalue weighted by Crippen LogP contribution is 2.23. The maximum absolute atomic E-state index is 12.9. The molecule has 1 amide bonds. The molecular weight excluding hydrogens is 430 g/mol. The molecule has 0 aliphatic carbocycles. The van der Waals surface area contributed by atoms with Crippen molar-refractivity contribution in [3.8, 4) is 0 Å². The van der Waals surface area contributed by atoms with Crippen molar-refractivity contribution in [3.05, 3.63) is 51.8 Å². The predicted octanol–water partition coefficient (Wildman–Crippen LogP) is 3.03. The van der Waals surface area contributed by atoms with Crippen LogP contribution in [0, 0.1) is 13.8 Å². The fourth-order valence-corrected chi connectivity index (χ4v) is 5.60. The Morgan fingerprint density at radius 3 is 2.33 bits per heavy atom. The standard InChI is InChI=1S/C19H24BrN3O3S/c1-4-23-14(2)12-18(15(23)3)19(24)21-8-10-22(11-9-21)27(25,26)17-7-5-6-16(20)13-17/h5-7,12-13H,4,8-11H2,1-3H3. The van der Waals surface area contributed by atoms with Crippen molar-refractivity contribution in [1.29, 1.82) is 0 Å². The van der Waals surface area contributed by atoms with E-state index in [-0.39, 0.29) is 10.8 Å². The number of hydrogen-bond donors (Lipinski definition) is 0. The molecule has 0 saturated carbocycles. The van der Waals surface area contributed by atoms with Gasteiger partial charge in [-0.25, -0.2) is 8.42 Å². The molecule has 0 bridgehead atoms. The maximum Gasteiger partial charge on any atom is 0.255 e. The van der Waals surface area contributed by atoms with Crippen LogP contribution in [0.25, 0.3) is 0 Å². The third-order valence-corrected chi connectivity index (χ3v) is 7.47. The Bertz CT molecular complexity index is 961. The molecule has 1 aliphatic rings. The highest BCUT2D eigenvalue weighted by molar-refractivity contribution is 9.10. The van der Waals surface area contributed by atoms with Gasteiger partial charge in [-0.3, -0.25) is 4.79 Å². The molecule has 1 aromatic heterocycles. The molecule has 1 fully saturated rings. The largest absolute Gasteiger partial charge is 0.349 e. The van der Waals surface area contributed by atoms with Gasteiger partial charge in [0, 0.05) is 48.6 Å². The Morgan fingerprint density at radius 2 is 1.78 bits per heavy atom. The fraction of sp³-hybridized carbons (Fsp3) is 0.421. The van der Waals surface area contributed by atoms with Gasteiger partial charge in [-0.1, -0.05) is 22.0 Å². The Morgan fingerprint density at radius 1 is 1.11 bits per heavy atom. The number of aromatic nitrogens is 1. The Hall–Kier alpha value is -1.64. The molecule has 2 heterocycles. The molecule has 27 heavy (non-hydrogen) atoms. The summed E-state index contributed by atoms with van der Waals surface area (Å²) in [7, 11) is -3.55. The van der Waals surface area contributed by atoms with Crippen LogP contribution in [-0.4, -0.2) is 54.3 Å². The molecule has 0 N–H and O–H groups in total. The average molecular weight is 454 g/mol. The van der Waals surface area contributed by atoms with Gasteiger partial charge < -0.3 is 9.47 Å². The van der Waals surface area contributed by atoms with Gasteiger partial charge in [-0.05, 0) is 45.0 Å². The summed E-state index contributed by atoms with van der Waals surface area (Å²) in [6.07, 6.45) is 0. The van der Waals surface area contributed by atoms with Gasteiger partial charge in [0.25, 0.3) is 5.91 Å². The minimum absolute atomic E-state index is 0.0256. The smallest absolute Gasteiger partial charge is 0.255 e. The zero-order valence-electron chi connectivity index (χ0n) is 15.8. The van der Waals surface area contributed by atoms with Crippen LogP contribution in [0.4, 0.5) is 0 Å². The third kappa shape index (κ3) is 3.83. The second-order valence-electron chi connectivity index (χ2n) is 6.68. The van der Waals surface area contributed by atoms with Crippen LogP contribution >= 0.6 is 15.9 Å². The van der Waals surface area contributed by atoms with E-state index in [0.717, 1.165) is 22.4 Å². The van der Waals surface area contributed by atoms with Gasteiger partial charge in [-0.2, -0.15) is 4.31 Å². The molecule has 2 aromatic rings. The van der Waals surface area contributed by atoms with Crippen LogP contribution in [0.2, 0.25) is 0 Å². The van der Waals surface area contributed by atoms with E-state index in [1.165, 1.54) is 4.31 Å². The molecule has 0 radical (unpaired) electrons. The molecule has 0 unspecified atom stereocenters. The number of rotatable bonds is 4. The average Bonchev–Trinajstić information content (AvgIpc) is 2.94. The van der Waals surface area contributed by atoms with Gasteiger partial charge in [0.2, 0.25) is 10.0 Å². The summed E-state index contributed by atoms with van der Waals surface area (Å²) in [6.45, 7) is 8.21. The number of benzene rings is 1. The van der Waals surface area contributed by atoms with Crippen LogP contribution in [0.5, 0.6) is 0 Å². The van der Waals surface area contributed by atoms with Gasteiger partial charge in [0.05, 0.1) is 10.5 Å². The lowest BCUT2D eigenvalue weighted by Gasteiger charge is -2.34. The van der Waals surface area contributed by atoms with Crippen LogP contribution < -0.4 is 0 Å². The first kappa shape index (κ1) is 20.1. The monoisotopic (exact) mass is 453 g/mol. The number of halogens is 1. The maximum atomic E-state index is 12.9. The summed E-state index contributed by atoms with van der Waals surface area (Å²) >= 11 is 3.32. The second-order valence-corrected chi connectivity index (χ2v) is 9.54. The first-order valence-corrected chi connectivity index (χ1v) is 11.2. The van der Waals surface area contributed by atoms with Gasteiger partial charge in [0.15, 0.2) is 0 Å². The van der Waals surface area contributed by atoms with Gasteiger partial charge in [0.1, 0.15) is 0 Å². The third-order valence-electron chi connectivity index (χ3n) is 5.08. The van der Waals surface area contributed by atoms with E-state index in [9.17, 15) is 13.2 Å². The zero-order valence-corrected chi connectivity index (χ0v) is 18.2. The summed E-state index contributed by atoms with van der Waals surface area (Å²) < 4.78 is 29.9. The molecular formula is C19H24BrN3O3S. The van der Waals surface area contributed by atoms with Crippen molar-refractivity contribution in [2.45, 2.75) is 32.2 Å². The SMILES string of the molecule is CCn1c(C)cc(C(=O)N2CCN(S(=O)(=O)c3cccc(Br)c3)CC2)c1C. The number of piperazine rings is 1. The van der Waals surface area contributed by atoms with E-state index in [2.05, 4.69) is 27.4 Å². The van der Waals surface area contributed by atoms with Crippen LogP contribution in [-0.2, 0) is 16.6 Å². The Kier molecular flexibility index (Phi) is 5.79. The molecule has 3 rings (SSSR count). The topological polar surface area (TPSA) is 62.6 Å². The van der Waals surface area contributed by atoms with Gasteiger partial charge in [-0.15, -0.1) is 0 Å². The summed E-state index contributed by atoms with van der Waals surface area (Å²) in [4.78, 5) is 14.9. The van der Waals surface area contributed by atoms with E-state index in [4.69, 9.17) is 0 Å². The van der Waals surface area contributed by atoms with Crippen LogP contribution in [0.3, 0.4) is 0 Å². The number of hydrogen-bond acceptors (Lipinski definition) is 3. The van der Waals surface area contributed by atoms with E-state index < -0.39 is 10.0 Å². The molecule has 1 aliphatic heterocycles. The quantitative estimate of drug-likeness (QED) is 0.714. The normalized spacial score (nSPS) is 15.9. The van der Waals surface area contributed by atoms with E-state index in [1.807, 2.05) is 19.9 Å². The fourth-order valence-electron chi connectivity index (χ4n) is 3.58. The summed E-state index contributed by atoms with van der Waals surface area (Å²) in [5, 5.41) is 0. The van der Waals surface area contributed by atoms with Crippen molar-refractivity contribution in [2.75, 3.05) is 26.2 Å². The first-order valence-electron chi connectivity index (χ1n) is 8.97. The summed E-state index contributed by atoms with van der Waals surface area (Å²) in [6, 6.07) is 8.62. The van der Waals surface area contributed by atoms with Crippen molar-refractivity contribution in [3.63, 3.8) is 0 Å². The Balaban J connectivity index is 1.73. The molecule has 8 heteroatoms. The van der Waals surface area contributed by atoms with Crippen molar-refractivity contribution < 1.29 is 13.2 Å². The number of carbonyl (C=O) groups excluding carboxylic acids is 1. The zero-order chi connectivity index (χ0) is 19.8. The number of aryl methyl sites for hydroxylation is 1. The lowest BCUT2D eigenvalue weighted by Crippen LogP contribution is -2.50. The van der Waals surface area contributed by atoms with Crippen molar-refractivity contribution in [2.24, 2.45) is 0 Å². The minimum atomic E-state index is -3.55. The van der Waals surface area contributed by atoms with Crippen molar-refractivity contribution >= 4 is 31.9 Å². The molecule has 0 spiro atoms. The molecule has 6 nitrogen and oxygen atoms in total. The highest BCUT2D eigenvalue weighted by atomic mass is 79.9. The number of sulfonamides is 1. The minimum Gasteiger partial charge on any atom is -0.349 e. The van der Waals surface area contributed by atoms with E-state index in [1.54, 1.807) is 29.2 Å². The predicted molar refractivity (Wildman–Crippen MR) is 108 cm³/mol. The number of nitrogens with zero attached hydrogens (tertiary/aromatic N) is 3. The molecule has 1 saturated heterocycles. The van der Waals surface area contributed by atoms with Crippen LogP contribution in [0.1, 0.15) is 28.7 Å². The molecule has 1 aromatic carbocycles. The van der Waals surface area contributed by atoms with Crippen LogP contribution in [0.15, 0.2) is 39.7 Å². The lowest BCUT2D eigenvalue weighted by atomic mass is 10.2. The number of amides is 1. The molecule has 0 atom stereocenters.